The Hall–Kier alpha value is -2.91. The molecule has 9 heteroatoms. The van der Waals surface area contributed by atoms with Crippen LogP contribution in [0.15, 0.2) is 58.8 Å². The fourth-order valence-electron chi connectivity index (χ4n) is 2.44. The first-order valence-corrected chi connectivity index (χ1v) is 10.5. The highest BCUT2D eigenvalue weighted by Crippen LogP contribution is 2.27. The largest absolute Gasteiger partial charge is 0.494 e. The van der Waals surface area contributed by atoms with Gasteiger partial charge in [0.05, 0.1) is 7.11 Å². The zero-order valence-electron chi connectivity index (χ0n) is 15.0. The van der Waals surface area contributed by atoms with Crippen molar-refractivity contribution in [3.8, 4) is 5.75 Å². The van der Waals surface area contributed by atoms with Crippen molar-refractivity contribution in [2.75, 3.05) is 17.1 Å². The minimum Gasteiger partial charge on any atom is -0.494 e. The van der Waals surface area contributed by atoms with E-state index in [4.69, 9.17) is 4.74 Å². The third kappa shape index (κ3) is 4.32. The Morgan fingerprint density at radius 3 is 2.39 bits per heavy atom. The highest BCUT2D eigenvalue weighted by atomic mass is 32.2. The third-order valence-corrected chi connectivity index (χ3v) is 6.30. The smallest absolute Gasteiger partial charge is 0.267 e. The van der Waals surface area contributed by atoms with Crippen molar-refractivity contribution in [3.05, 3.63) is 70.2 Å². The molecule has 0 fully saturated rings. The maximum atomic E-state index is 13.8. The number of sulfonamides is 1. The van der Waals surface area contributed by atoms with Gasteiger partial charge in [0, 0.05) is 17.4 Å². The van der Waals surface area contributed by atoms with Gasteiger partial charge in [-0.15, -0.1) is 11.3 Å². The molecule has 0 aliphatic carbocycles. The van der Waals surface area contributed by atoms with E-state index in [1.165, 1.54) is 30.7 Å². The van der Waals surface area contributed by atoms with Crippen LogP contribution in [0.5, 0.6) is 5.75 Å². The van der Waals surface area contributed by atoms with Crippen LogP contribution >= 0.6 is 11.3 Å². The molecule has 28 heavy (non-hydrogen) atoms. The molecular formula is C19H17FN2O4S2. The standard InChI is InChI=1S/C19H17FN2O4S2/c1-12-3-5-13(6-4-12)22-28(24,25)17-9-10-27-18(17)19(23)21-14-7-8-16(26-2)15(20)11-14/h3-11,22H,1-2H3,(H,21,23). The second-order valence-electron chi connectivity index (χ2n) is 5.89. The van der Waals surface area contributed by atoms with E-state index in [0.717, 1.165) is 23.0 Å². The van der Waals surface area contributed by atoms with Gasteiger partial charge in [-0.25, -0.2) is 12.8 Å². The molecule has 0 spiro atoms. The summed E-state index contributed by atoms with van der Waals surface area (Å²) in [6, 6.07) is 12.1. The average Bonchev–Trinajstić information content (AvgIpc) is 3.15. The summed E-state index contributed by atoms with van der Waals surface area (Å²) in [4.78, 5) is 12.4. The van der Waals surface area contributed by atoms with Crippen molar-refractivity contribution in [2.24, 2.45) is 0 Å². The zero-order chi connectivity index (χ0) is 20.3. The van der Waals surface area contributed by atoms with Crippen LogP contribution in [0.2, 0.25) is 0 Å². The maximum absolute atomic E-state index is 13.8. The summed E-state index contributed by atoms with van der Waals surface area (Å²) in [6.07, 6.45) is 0. The second-order valence-corrected chi connectivity index (χ2v) is 8.46. The lowest BCUT2D eigenvalue weighted by molar-refractivity contribution is 0.102. The quantitative estimate of drug-likeness (QED) is 0.624. The summed E-state index contributed by atoms with van der Waals surface area (Å²) in [7, 11) is -2.63. The number of methoxy groups -OCH3 is 1. The molecule has 3 aromatic rings. The van der Waals surface area contributed by atoms with Crippen molar-refractivity contribution in [3.63, 3.8) is 0 Å². The fourth-order valence-corrected chi connectivity index (χ4v) is 4.82. The van der Waals surface area contributed by atoms with Gasteiger partial charge in [-0.3, -0.25) is 9.52 Å². The summed E-state index contributed by atoms with van der Waals surface area (Å²) in [5, 5.41) is 4.01. The van der Waals surface area contributed by atoms with E-state index in [1.807, 2.05) is 6.92 Å². The molecule has 0 aliphatic heterocycles. The van der Waals surface area contributed by atoms with Crippen molar-refractivity contribution in [2.45, 2.75) is 11.8 Å². The van der Waals surface area contributed by atoms with E-state index < -0.39 is 21.7 Å². The number of rotatable bonds is 6. The Morgan fingerprint density at radius 2 is 1.75 bits per heavy atom. The monoisotopic (exact) mass is 420 g/mol. The highest BCUT2D eigenvalue weighted by Gasteiger charge is 2.24. The first-order chi connectivity index (χ1) is 13.3. The number of nitrogens with one attached hydrogen (secondary N) is 2. The van der Waals surface area contributed by atoms with Crippen LogP contribution < -0.4 is 14.8 Å². The zero-order valence-corrected chi connectivity index (χ0v) is 16.7. The number of hydrogen-bond donors (Lipinski definition) is 2. The number of ether oxygens (including phenoxy) is 1. The number of halogens is 1. The van der Waals surface area contributed by atoms with Crippen LogP contribution in [0.4, 0.5) is 15.8 Å². The van der Waals surface area contributed by atoms with Crippen molar-refractivity contribution in [1.82, 2.24) is 0 Å². The lowest BCUT2D eigenvalue weighted by Gasteiger charge is -2.10. The van der Waals surface area contributed by atoms with Gasteiger partial charge in [-0.1, -0.05) is 17.7 Å². The number of carbonyl (C=O) groups excluding carboxylic acids is 1. The molecule has 0 radical (unpaired) electrons. The summed E-state index contributed by atoms with van der Waals surface area (Å²) in [5.74, 6) is -1.25. The highest BCUT2D eigenvalue weighted by molar-refractivity contribution is 7.93. The molecule has 0 saturated carbocycles. The van der Waals surface area contributed by atoms with Crippen LogP contribution in [0.3, 0.4) is 0 Å². The normalized spacial score (nSPS) is 11.1. The molecule has 0 saturated heterocycles. The molecule has 1 amide bonds. The third-order valence-electron chi connectivity index (χ3n) is 3.84. The number of carbonyl (C=O) groups is 1. The molecule has 6 nitrogen and oxygen atoms in total. The van der Waals surface area contributed by atoms with Gasteiger partial charge in [-0.2, -0.15) is 0 Å². The molecule has 2 N–H and O–H groups in total. The van der Waals surface area contributed by atoms with Gasteiger partial charge < -0.3 is 10.1 Å². The Morgan fingerprint density at radius 1 is 1.07 bits per heavy atom. The maximum Gasteiger partial charge on any atom is 0.267 e. The van der Waals surface area contributed by atoms with E-state index in [-0.39, 0.29) is 21.2 Å². The Kier molecular flexibility index (Phi) is 5.66. The van der Waals surface area contributed by atoms with Gasteiger partial charge in [0.2, 0.25) is 0 Å². The molecule has 0 bridgehead atoms. The number of hydrogen-bond acceptors (Lipinski definition) is 5. The van der Waals surface area contributed by atoms with E-state index in [9.17, 15) is 17.6 Å². The number of thiophene rings is 1. The number of amides is 1. The summed E-state index contributed by atoms with van der Waals surface area (Å²) < 4.78 is 46.5. The molecule has 0 atom stereocenters. The molecule has 146 valence electrons. The predicted octanol–water partition coefficient (Wildman–Crippen LogP) is 4.26. The van der Waals surface area contributed by atoms with Crippen molar-refractivity contribution < 1.29 is 22.3 Å². The Labute approximate surface area is 166 Å². The minimum atomic E-state index is -3.96. The first-order valence-electron chi connectivity index (χ1n) is 8.12. The number of anilines is 2. The van der Waals surface area contributed by atoms with Gasteiger partial charge >= 0.3 is 0 Å². The summed E-state index contributed by atoms with van der Waals surface area (Å²) >= 11 is 0.979. The molecule has 2 aromatic carbocycles. The van der Waals surface area contributed by atoms with Gasteiger partial charge in [0.15, 0.2) is 11.6 Å². The molecular weight excluding hydrogens is 403 g/mol. The van der Waals surface area contributed by atoms with Crippen molar-refractivity contribution in [1.29, 1.82) is 0 Å². The number of aryl methyl sites for hydroxylation is 1. The van der Waals surface area contributed by atoms with Crippen LogP contribution in [-0.4, -0.2) is 21.4 Å². The van der Waals surface area contributed by atoms with Crippen LogP contribution in [0.25, 0.3) is 0 Å². The fraction of sp³-hybridized carbons (Fsp3) is 0.105. The molecule has 3 rings (SSSR count). The van der Waals surface area contributed by atoms with Gasteiger partial charge in [0.1, 0.15) is 9.77 Å². The van der Waals surface area contributed by atoms with Crippen molar-refractivity contribution >= 4 is 38.6 Å². The number of benzene rings is 2. The molecule has 1 heterocycles. The topological polar surface area (TPSA) is 84.5 Å². The lowest BCUT2D eigenvalue weighted by atomic mass is 10.2. The minimum absolute atomic E-state index is 0.00385. The van der Waals surface area contributed by atoms with Gasteiger partial charge in [0.25, 0.3) is 15.9 Å². The first kappa shape index (κ1) is 19.8. The SMILES string of the molecule is COc1ccc(NC(=O)c2sccc2S(=O)(=O)Nc2ccc(C)cc2)cc1F. The molecule has 0 unspecified atom stereocenters. The van der Waals surface area contributed by atoms with E-state index >= 15 is 0 Å². The summed E-state index contributed by atoms with van der Waals surface area (Å²) in [5.41, 5.74) is 1.57. The summed E-state index contributed by atoms with van der Waals surface area (Å²) in [6.45, 7) is 1.89. The van der Waals surface area contributed by atoms with E-state index in [0.29, 0.717) is 5.69 Å². The van der Waals surface area contributed by atoms with E-state index in [2.05, 4.69) is 10.0 Å². The lowest BCUT2D eigenvalue weighted by Crippen LogP contribution is -2.18. The molecule has 0 aliphatic rings. The Bertz CT molecular complexity index is 1110. The van der Waals surface area contributed by atoms with Crippen LogP contribution in [0, 0.1) is 12.7 Å². The Balaban J connectivity index is 1.83. The van der Waals surface area contributed by atoms with Crippen LogP contribution in [-0.2, 0) is 10.0 Å². The van der Waals surface area contributed by atoms with Crippen LogP contribution in [0.1, 0.15) is 15.2 Å². The predicted molar refractivity (Wildman–Crippen MR) is 107 cm³/mol. The van der Waals surface area contributed by atoms with Gasteiger partial charge in [-0.05, 0) is 42.6 Å². The second kappa shape index (κ2) is 7.99. The average molecular weight is 420 g/mol. The van der Waals surface area contributed by atoms with E-state index in [1.54, 1.807) is 24.3 Å². The molecule has 1 aromatic heterocycles.